The van der Waals surface area contributed by atoms with E-state index in [-0.39, 0.29) is 6.61 Å². The highest BCUT2D eigenvalue weighted by Gasteiger charge is 2.45. The molecule has 0 spiro atoms. The van der Waals surface area contributed by atoms with Crippen LogP contribution in [-0.2, 0) is 18.9 Å². The summed E-state index contributed by atoms with van der Waals surface area (Å²) in [6, 6.07) is 0. The molecule has 8 nitrogen and oxygen atoms in total. The zero-order valence-corrected chi connectivity index (χ0v) is 11.8. The number of methoxy groups -OCH3 is 3. The highest BCUT2D eigenvalue weighted by molar-refractivity contribution is 7.96. The number of carbonyl (C=O) groups is 1. The van der Waals surface area contributed by atoms with E-state index < -0.39 is 36.0 Å². The van der Waals surface area contributed by atoms with Crippen molar-refractivity contribution in [3.05, 3.63) is 0 Å². The summed E-state index contributed by atoms with van der Waals surface area (Å²) >= 11 is 2.88. The van der Waals surface area contributed by atoms with Crippen LogP contribution in [0.4, 0.5) is 4.79 Å². The number of carboxylic acid groups (broad SMARTS) is 1. The van der Waals surface area contributed by atoms with Crippen LogP contribution < -0.4 is 0 Å². The van der Waals surface area contributed by atoms with Crippen LogP contribution in [0, 0.1) is 0 Å². The molecule has 9 heteroatoms. The Balaban J connectivity index is 0.000000711. The van der Waals surface area contributed by atoms with Gasteiger partial charge in [0.2, 0.25) is 0 Å². The van der Waals surface area contributed by atoms with E-state index >= 15 is 0 Å². The lowest BCUT2D eigenvalue weighted by atomic mass is 9.99. The van der Waals surface area contributed by atoms with Crippen LogP contribution in [0.1, 0.15) is 0 Å². The fourth-order valence-electron chi connectivity index (χ4n) is 1.75. The van der Waals surface area contributed by atoms with E-state index in [0.29, 0.717) is 0 Å². The molecule has 3 N–H and O–H groups in total. The molecule has 0 aliphatic carbocycles. The van der Waals surface area contributed by atoms with Crippen molar-refractivity contribution < 1.29 is 39.1 Å². The van der Waals surface area contributed by atoms with Crippen molar-refractivity contribution in [3.8, 4) is 0 Å². The van der Waals surface area contributed by atoms with Gasteiger partial charge in [-0.25, -0.2) is 4.79 Å². The molecule has 1 rings (SSSR count). The Morgan fingerprint density at radius 1 is 1.21 bits per heavy atom. The first-order valence-electron chi connectivity index (χ1n) is 5.37. The van der Waals surface area contributed by atoms with Crippen molar-refractivity contribution in [1.29, 1.82) is 0 Å². The molecule has 5 unspecified atom stereocenters. The van der Waals surface area contributed by atoms with Gasteiger partial charge in [-0.3, -0.25) is 0 Å². The highest BCUT2D eigenvalue weighted by Crippen LogP contribution is 2.25. The van der Waals surface area contributed by atoms with E-state index in [4.69, 9.17) is 34.0 Å². The minimum Gasteiger partial charge on any atom is -0.473 e. The van der Waals surface area contributed by atoms with E-state index in [1.54, 1.807) is 0 Å². The smallest absolute Gasteiger partial charge is 0.361 e. The third-order valence-corrected chi connectivity index (χ3v) is 2.58. The first-order valence-corrected chi connectivity index (χ1v) is 5.82. The van der Waals surface area contributed by atoms with Crippen LogP contribution in [0.3, 0.4) is 0 Å². The van der Waals surface area contributed by atoms with Gasteiger partial charge in [-0.2, -0.15) is 0 Å². The van der Waals surface area contributed by atoms with Gasteiger partial charge < -0.3 is 34.3 Å². The molecule has 0 saturated carbocycles. The van der Waals surface area contributed by atoms with E-state index in [1.165, 1.54) is 21.3 Å². The van der Waals surface area contributed by atoms with Gasteiger partial charge in [-0.15, -0.1) is 0 Å². The number of ether oxygens (including phenoxy) is 4. The summed E-state index contributed by atoms with van der Waals surface area (Å²) in [5.41, 5.74) is 0. The number of aliphatic hydroxyl groups excluding tert-OH is 2. The molecule has 1 aliphatic heterocycles. The second kappa shape index (κ2) is 9.48. The summed E-state index contributed by atoms with van der Waals surface area (Å²) in [5, 5.41) is 25.0. The predicted molar refractivity (Wildman–Crippen MR) is 67.4 cm³/mol. The Labute approximate surface area is 116 Å². The molecular formula is C10H20O8S. The second-order valence-electron chi connectivity index (χ2n) is 3.64. The molecule has 0 aromatic carbocycles. The zero-order valence-electron chi connectivity index (χ0n) is 10.9. The Morgan fingerprint density at radius 3 is 2.00 bits per heavy atom. The number of aliphatic hydroxyl groups is 2. The first kappa shape index (κ1) is 18.6. The number of thiol groups is 1. The largest absolute Gasteiger partial charge is 0.473 e. The summed E-state index contributed by atoms with van der Waals surface area (Å²) in [6.45, 7) is -0.294. The van der Waals surface area contributed by atoms with Crippen LogP contribution in [0.25, 0.3) is 0 Å². The molecule has 0 radical (unpaired) electrons. The maximum Gasteiger partial charge on any atom is 0.361 e. The third kappa shape index (κ3) is 5.61. The second-order valence-corrected chi connectivity index (χ2v) is 4.02. The standard InChI is InChI=1S/C9H18O6.CH2O2S/c1-12-7-6(11)5(4-10)15-9(14-3)8(7)13-2;2-1(3)4/h5-11H,4H2,1-3H3;4H,(H,2,3). The molecule has 5 atom stereocenters. The molecule has 1 saturated heterocycles. The summed E-state index contributed by atoms with van der Waals surface area (Å²) in [7, 11) is 4.42. The van der Waals surface area contributed by atoms with Gasteiger partial charge in [-0.1, -0.05) is 12.6 Å². The minimum absolute atomic E-state index is 0.294. The van der Waals surface area contributed by atoms with Gasteiger partial charge in [-0.05, 0) is 0 Å². The average molecular weight is 300 g/mol. The summed E-state index contributed by atoms with van der Waals surface area (Å²) < 4.78 is 20.6. The Bertz CT molecular complexity index is 260. The molecule has 1 aliphatic rings. The summed E-state index contributed by atoms with van der Waals surface area (Å²) in [5.74, 6) is 0. The Morgan fingerprint density at radius 2 is 1.68 bits per heavy atom. The van der Waals surface area contributed by atoms with Gasteiger partial charge in [0.1, 0.15) is 24.4 Å². The average Bonchev–Trinajstić information content (AvgIpc) is 2.37. The molecular weight excluding hydrogens is 280 g/mol. The fourth-order valence-corrected chi connectivity index (χ4v) is 1.75. The lowest BCUT2D eigenvalue weighted by molar-refractivity contribution is -0.303. The first-order chi connectivity index (χ1) is 8.92. The monoisotopic (exact) mass is 300 g/mol. The number of hydrogen-bond acceptors (Lipinski definition) is 7. The SMILES string of the molecule is COC1OC(CO)C(O)C(OC)C1OC.O=C(O)S. The van der Waals surface area contributed by atoms with Crippen LogP contribution in [0.15, 0.2) is 0 Å². The molecule has 19 heavy (non-hydrogen) atoms. The van der Waals surface area contributed by atoms with E-state index in [0.717, 1.165) is 0 Å². The Hall–Kier alpha value is -0.420. The number of rotatable bonds is 4. The maximum absolute atomic E-state index is 9.80. The van der Waals surface area contributed by atoms with Crippen molar-refractivity contribution in [2.75, 3.05) is 27.9 Å². The predicted octanol–water partition coefficient (Wildman–Crippen LogP) is -0.665. The van der Waals surface area contributed by atoms with Crippen molar-refractivity contribution in [1.82, 2.24) is 0 Å². The lowest BCUT2D eigenvalue weighted by Gasteiger charge is -2.42. The number of hydrogen-bond donors (Lipinski definition) is 4. The molecule has 0 amide bonds. The molecule has 1 fully saturated rings. The molecule has 0 aromatic heterocycles. The zero-order chi connectivity index (χ0) is 15.0. The van der Waals surface area contributed by atoms with Crippen molar-refractivity contribution in [2.45, 2.75) is 30.7 Å². The quantitative estimate of drug-likeness (QED) is 0.506. The minimum atomic E-state index is -1.14. The van der Waals surface area contributed by atoms with E-state index in [9.17, 15) is 5.11 Å². The molecule has 0 bridgehead atoms. The van der Waals surface area contributed by atoms with Crippen LogP contribution >= 0.6 is 12.6 Å². The summed E-state index contributed by atoms with van der Waals surface area (Å²) in [6.07, 6.45) is -3.40. The molecule has 114 valence electrons. The summed E-state index contributed by atoms with van der Waals surface area (Å²) in [4.78, 5) is 8.86. The molecule has 1 heterocycles. The lowest BCUT2D eigenvalue weighted by Crippen LogP contribution is -2.60. The van der Waals surface area contributed by atoms with E-state index in [1.807, 2.05) is 0 Å². The van der Waals surface area contributed by atoms with Crippen molar-refractivity contribution in [2.24, 2.45) is 0 Å². The van der Waals surface area contributed by atoms with Gasteiger partial charge >= 0.3 is 5.30 Å². The van der Waals surface area contributed by atoms with Crippen molar-refractivity contribution >= 4 is 17.9 Å². The van der Waals surface area contributed by atoms with Crippen molar-refractivity contribution in [3.63, 3.8) is 0 Å². The highest BCUT2D eigenvalue weighted by atomic mass is 32.1. The van der Waals surface area contributed by atoms with Crippen LogP contribution in [-0.4, -0.2) is 79.3 Å². The van der Waals surface area contributed by atoms with Gasteiger partial charge in [0.15, 0.2) is 6.29 Å². The van der Waals surface area contributed by atoms with E-state index in [2.05, 4.69) is 12.6 Å². The normalized spacial score (nSPS) is 34.3. The fraction of sp³-hybridized carbons (Fsp3) is 0.900. The topological polar surface area (TPSA) is 115 Å². The third-order valence-electron chi connectivity index (χ3n) is 2.58. The van der Waals surface area contributed by atoms with Crippen LogP contribution in [0.5, 0.6) is 0 Å². The van der Waals surface area contributed by atoms with Gasteiger partial charge in [0.25, 0.3) is 0 Å². The molecule has 0 aromatic rings. The Kier molecular flexibility index (Phi) is 9.27. The maximum atomic E-state index is 9.80. The van der Waals surface area contributed by atoms with Gasteiger partial charge in [0, 0.05) is 21.3 Å². The van der Waals surface area contributed by atoms with Gasteiger partial charge in [0.05, 0.1) is 6.61 Å². The van der Waals surface area contributed by atoms with Crippen LogP contribution in [0.2, 0.25) is 0 Å².